The van der Waals surface area contributed by atoms with E-state index in [2.05, 4.69) is 17.1 Å². The van der Waals surface area contributed by atoms with Gasteiger partial charge in [-0.25, -0.2) is 0 Å². The van der Waals surface area contributed by atoms with Crippen LogP contribution in [0.3, 0.4) is 0 Å². The standard InChI is InChI=1S/C12H21NO2/c14-12-6-4-2-1-3-5-11(12)13-7-9-15-10-8-13/h1-2,11-12,14H,3-10H2/t11-,12-/m0/s1. The van der Waals surface area contributed by atoms with E-state index in [9.17, 15) is 5.11 Å². The highest BCUT2D eigenvalue weighted by molar-refractivity contribution is 4.91. The zero-order chi connectivity index (χ0) is 10.5. The average Bonchev–Trinajstić information content (AvgIpc) is 2.25. The summed E-state index contributed by atoms with van der Waals surface area (Å²) >= 11 is 0. The Hall–Kier alpha value is -0.380. The zero-order valence-corrected chi connectivity index (χ0v) is 9.27. The van der Waals surface area contributed by atoms with E-state index in [-0.39, 0.29) is 6.10 Å². The van der Waals surface area contributed by atoms with E-state index in [4.69, 9.17) is 4.74 Å². The second kappa shape index (κ2) is 5.64. The summed E-state index contributed by atoms with van der Waals surface area (Å²) in [4.78, 5) is 2.40. The molecule has 0 radical (unpaired) electrons. The Labute approximate surface area is 91.7 Å². The maximum atomic E-state index is 10.1. The lowest BCUT2D eigenvalue weighted by molar-refractivity contribution is -0.0262. The van der Waals surface area contributed by atoms with Gasteiger partial charge in [0.1, 0.15) is 0 Å². The van der Waals surface area contributed by atoms with Crippen LogP contribution in [-0.4, -0.2) is 48.5 Å². The quantitative estimate of drug-likeness (QED) is 0.661. The van der Waals surface area contributed by atoms with Gasteiger partial charge in [0.25, 0.3) is 0 Å². The summed E-state index contributed by atoms with van der Waals surface area (Å²) in [5, 5.41) is 10.1. The summed E-state index contributed by atoms with van der Waals surface area (Å²) < 4.78 is 5.34. The molecule has 0 amide bonds. The summed E-state index contributed by atoms with van der Waals surface area (Å²) in [7, 11) is 0. The Balaban J connectivity index is 1.94. The van der Waals surface area contributed by atoms with Crippen LogP contribution < -0.4 is 0 Å². The van der Waals surface area contributed by atoms with E-state index in [1.165, 1.54) is 0 Å². The minimum absolute atomic E-state index is 0.159. The number of aliphatic hydroxyl groups is 1. The first-order valence-electron chi connectivity index (χ1n) is 6.03. The van der Waals surface area contributed by atoms with Gasteiger partial charge in [0, 0.05) is 19.1 Å². The SMILES string of the molecule is O[C@H]1CCC=CCC[C@@H]1N1CCOCC1. The van der Waals surface area contributed by atoms with Crippen molar-refractivity contribution in [2.75, 3.05) is 26.3 Å². The number of morpholine rings is 1. The fourth-order valence-corrected chi connectivity index (χ4v) is 2.49. The Morgan fingerprint density at radius 2 is 1.73 bits per heavy atom. The van der Waals surface area contributed by atoms with E-state index < -0.39 is 0 Å². The molecular formula is C12H21NO2. The molecule has 2 rings (SSSR count). The van der Waals surface area contributed by atoms with Crippen LogP contribution in [0.5, 0.6) is 0 Å². The lowest BCUT2D eigenvalue weighted by atomic mass is 9.96. The topological polar surface area (TPSA) is 32.7 Å². The third kappa shape index (κ3) is 3.03. The average molecular weight is 211 g/mol. The first-order valence-corrected chi connectivity index (χ1v) is 6.03. The molecule has 2 atom stereocenters. The minimum atomic E-state index is -0.159. The molecular weight excluding hydrogens is 190 g/mol. The number of nitrogens with zero attached hydrogens (tertiary/aromatic N) is 1. The lowest BCUT2D eigenvalue weighted by Gasteiger charge is -2.37. The fourth-order valence-electron chi connectivity index (χ4n) is 2.49. The molecule has 0 aromatic carbocycles. The summed E-state index contributed by atoms with van der Waals surface area (Å²) in [6.45, 7) is 3.59. The van der Waals surface area contributed by atoms with Gasteiger partial charge in [-0.15, -0.1) is 0 Å². The van der Waals surface area contributed by atoms with Crippen molar-refractivity contribution in [1.29, 1.82) is 0 Å². The number of hydrogen-bond donors (Lipinski definition) is 1. The van der Waals surface area contributed by atoms with Crippen molar-refractivity contribution in [1.82, 2.24) is 4.90 Å². The van der Waals surface area contributed by atoms with E-state index in [1.807, 2.05) is 0 Å². The Morgan fingerprint density at radius 1 is 1.07 bits per heavy atom. The molecule has 1 heterocycles. The van der Waals surface area contributed by atoms with Gasteiger partial charge in [-0.05, 0) is 25.7 Å². The van der Waals surface area contributed by atoms with Crippen molar-refractivity contribution in [3.8, 4) is 0 Å². The van der Waals surface area contributed by atoms with E-state index in [0.29, 0.717) is 6.04 Å². The van der Waals surface area contributed by atoms with Gasteiger partial charge in [0.15, 0.2) is 0 Å². The molecule has 1 N–H and O–H groups in total. The molecule has 3 heteroatoms. The van der Waals surface area contributed by atoms with Crippen molar-refractivity contribution in [2.24, 2.45) is 0 Å². The van der Waals surface area contributed by atoms with Gasteiger partial charge in [-0.3, -0.25) is 4.90 Å². The number of ether oxygens (including phenoxy) is 1. The largest absolute Gasteiger partial charge is 0.391 e. The number of rotatable bonds is 1. The summed E-state index contributed by atoms with van der Waals surface area (Å²) in [5.41, 5.74) is 0. The number of hydrogen-bond acceptors (Lipinski definition) is 3. The predicted octanol–water partition coefficient (Wildman–Crippen LogP) is 1.18. The second-order valence-corrected chi connectivity index (χ2v) is 4.41. The molecule has 1 aliphatic carbocycles. The second-order valence-electron chi connectivity index (χ2n) is 4.41. The predicted molar refractivity (Wildman–Crippen MR) is 59.8 cm³/mol. The summed E-state index contributed by atoms with van der Waals surface area (Å²) in [5.74, 6) is 0. The molecule has 0 unspecified atom stereocenters. The van der Waals surface area contributed by atoms with Crippen LogP contribution in [0, 0.1) is 0 Å². The molecule has 0 aromatic heterocycles. The van der Waals surface area contributed by atoms with Gasteiger partial charge in [0.2, 0.25) is 0 Å². The lowest BCUT2D eigenvalue weighted by Crippen LogP contribution is -2.49. The van der Waals surface area contributed by atoms with Gasteiger partial charge < -0.3 is 9.84 Å². The maximum absolute atomic E-state index is 10.1. The monoisotopic (exact) mass is 211 g/mol. The van der Waals surface area contributed by atoms with Crippen LogP contribution in [0.15, 0.2) is 12.2 Å². The molecule has 2 aliphatic rings. The van der Waals surface area contributed by atoms with Crippen LogP contribution in [0.4, 0.5) is 0 Å². The first kappa shape index (κ1) is 11.1. The fraction of sp³-hybridized carbons (Fsp3) is 0.833. The van der Waals surface area contributed by atoms with E-state index in [1.54, 1.807) is 0 Å². The van der Waals surface area contributed by atoms with Crippen LogP contribution >= 0.6 is 0 Å². The van der Waals surface area contributed by atoms with Crippen LogP contribution in [0.2, 0.25) is 0 Å². The van der Waals surface area contributed by atoms with Crippen molar-refractivity contribution in [3.05, 3.63) is 12.2 Å². The van der Waals surface area contributed by atoms with Crippen LogP contribution in [-0.2, 0) is 4.74 Å². The van der Waals surface area contributed by atoms with Gasteiger partial charge in [-0.2, -0.15) is 0 Å². The van der Waals surface area contributed by atoms with Gasteiger partial charge in [0.05, 0.1) is 19.3 Å². The van der Waals surface area contributed by atoms with E-state index in [0.717, 1.165) is 52.0 Å². The third-order valence-electron chi connectivity index (χ3n) is 3.38. The van der Waals surface area contributed by atoms with Crippen LogP contribution in [0.25, 0.3) is 0 Å². The highest BCUT2D eigenvalue weighted by Gasteiger charge is 2.26. The first-order chi connectivity index (χ1) is 7.38. The molecule has 3 nitrogen and oxygen atoms in total. The molecule has 86 valence electrons. The highest BCUT2D eigenvalue weighted by atomic mass is 16.5. The van der Waals surface area contributed by atoms with E-state index >= 15 is 0 Å². The van der Waals surface area contributed by atoms with Gasteiger partial charge in [-0.1, -0.05) is 12.2 Å². The van der Waals surface area contributed by atoms with Crippen molar-refractivity contribution in [3.63, 3.8) is 0 Å². The molecule has 1 saturated heterocycles. The molecule has 1 fully saturated rings. The van der Waals surface area contributed by atoms with Crippen LogP contribution in [0.1, 0.15) is 25.7 Å². The number of aliphatic hydroxyl groups excluding tert-OH is 1. The number of allylic oxidation sites excluding steroid dienone is 2. The molecule has 0 spiro atoms. The Kier molecular flexibility index (Phi) is 4.18. The third-order valence-corrected chi connectivity index (χ3v) is 3.38. The maximum Gasteiger partial charge on any atom is 0.0698 e. The molecule has 15 heavy (non-hydrogen) atoms. The highest BCUT2D eigenvalue weighted by Crippen LogP contribution is 2.19. The molecule has 0 saturated carbocycles. The van der Waals surface area contributed by atoms with Crippen molar-refractivity contribution >= 4 is 0 Å². The molecule has 0 aromatic rings. The smallest absolute Gasteiger partial charge is 0.0698 e. The minimum Gasteiger partial charge on any atom is -0.391 e. The Bertz CT molecular complexity index is 212. The zero-order valence-electron chi connectivity index (χ0n) is 9.27. The summed E-state index contributed by atoms with van der Waals surface area (Å²) in [6, 6.07) is 0.346. The normalized spacial score (nSPS) is 34.7. The molecule has 1 aliphatic heterocycles. The van der Waals surface area contributed by atoms with Gasteiger partial charge >= 0.3 is 0 Å². The summed E-state index contributed by atoms with van der Waals surface area (Å²) in [6.07, 6.45) is 8.38. The van der Waals surface area contributed by atoms with Crippen molar-refractivity contribution < 1.29 is 9.84 Å². The Morgan fingerprint density at radius 3 is 2.47 bits per heavy atom. The molecule has 0 bridgehead atoms. The van der Waals surface area contributed by atoms with Crippen molar-refractivity contribution in [2.45, 2.75) is 37.8 Å².